The molecule has 4 aromatic rings. The summed E-state index contributed by atoms with van der Waals surface area (Å²) in [5.74, 6) is 4.36. The molecule has 1 heterocycles. The maximum Gasteiger partial charge on any atom is 0.255 e. The SMILES string of the molecule is COc1cc(C2NC(=O)c3ccccc3N2)ccc1OCCCCCCCOc1cc(C=Cc2cc(OC)c(OC)c(OC)c2)ccc1OC. The number of benzene rings is 4. The number of ether oxygens (including phenoxy) is 7. The van der Waals surface area contributed by atoms with Gasteiger partial charge in [-0.1, -0.05) is 55.7 Å². The molecule has 1 aliphatic heterocycles. The van der Waals surface area contributed by atoms with Gasteiger partial charge in [0.25, 0.3) is 5.91 Å². The average Bonchev–Trinajstić information content (AvgIpc) is 3.15. The van der Waals surface area contributed by atoms with E-state index in [4.69, 9.17) is 33.2 Å². The number of anilines is 1. The summed E-state index contributed by atoms with van der Waals surface area (Å²) in [6.07, 6.45) is 8.66. The summed E-state index contributed by atoms with van der Waals surface area (Å²) in [7, 11) is 8.06. The van der Waals surface area contributed by atoms with Crippen molar-refractivity contribution in [3.63, 3.8) is 0 Å². The largest absolute Gasteiger partial charge is 0.493 e. The summed E-state index contributed by atoms with van der Waals surface area (Å²) in [5, 5.41) is 6.38. The Morgan fingerprint density at radius 2 is 1.16 bits per heavy atom. The molecule has 0 aromatic heterocycles. The first-order valence-corrected chi connectivity index (χ1v) is 16.7. The van der Waals surface area contributed by atoms with Crippen LogP contribution in [0.4, 0.5) is 5.69 Å². The molecular formula is C40H46N2O8. The predicted molar refractivity (Wildman–Crippen MR) is 195 cm³/mol. The number of rotatable bonds is 18. The molecule has 0 spiro atoms. The van der Waals surface area contributed by atoms with E-state index in [2.05, 4.69) is 10.6 Å². The van der Waals surface area contributed by atoms with Gasteiger partial charge < -0.3 is 43.8 Å². The molecule has 0 saturated heterocycles. The van der Waals surface area contributed by atoms with Crippen LogP contribution in [0.5, 0.6) is 40.2 Å². The highest BCUT2D eigenvalue weighted by atomic mass is 16.5. The van der Waals surface area contributed by atoms with Crippen LogP contribution in [0.2, 0.25) is 0 Å². The fourth-order valence-corrected chi connectivity index (χ4v) is 5.76. The zero-order valence-electron chi connectivity index (χ0n) is 29.4. The first-order valence-electron chi connectivity index (χ1n) is 16.7. The van der Waals surface area contributed by atoms with E-state index in [0.29, 0.717) is 59.0 Å². The van der Waals surface area contributed by atoms with Gasteiger partial charge in [-0.05, 0) is 78.1 Å². The molecule has 1 amide bonds. The molecule has 0 fully saturated rings. The molecule has 0 aliphatic carbocycles. The number of methoxy groups -OCH3 is 5. The summed E-state index contributed by atoms with van der Waals surface area (Å²) in [4.78, 5) is 12.6. The highest BCUT2D eigenvalue weighted by molar-refractivity contribution is 6.01. The molecular weight excluding hydrogens is 636 g/mol. The van der Waals surface area contributed by atoms with E-state index in [1.807, 2.05) is 78.9 Å². The van der Waals surface area contributed by atoms with Gasteiger partial charge in [-0.3, -0.25) is 4.79 Å². The van der Waals surface area contributed by atoms with Crippen molar-refractivity contribution in [2.45, 2.75) is 38.3 Å². The number of nitrogens with one attached hydrogen (secondary N) is 2. The first-order chi connectivity index (χ1) is 24.5. The fourth-order valence-electron chi connectivity index (χ4n) is 5.76. The van der Waals surface area contributed by atoms with Crippen LogP contribution in [-0.4, -0.2) is 54.7 Å². The van der Waals surface area contributed by atoms with Gasteiger partial charge in [-0.15, -0.1) is 0 Å². The van der Waals surface area contributed by atoms with Crippen molar-refractivity contribution in [3.8, 4) is 40.2 Å². The minimum Gasteiger partial charge on any atom is -0.493 e. The second-order valence-corrected chi connectivity index (χ2v) is 11.7. The Bertz CT molecular complexity index is 1750. The van der Waals surface area contributed by atoms with Gasteiger partial charge in [-0.2, -0.15) is 0 Å². The number of amides is 1. The average molecular weight is 683 g/mol. The molecule has 1 unspecified atom stereocenters. The van der Waals surface area contributed by atoms with E-state index in [0.717, 1.165) is 54.5 Å². The third-order valence-electron chi connectivity index (χ3n) is 8.41. The van der Waals surface area contributed by atoms with Crippen molar-refractivity contribution < 1.29 is 38.0 Å². The molecule has 50 heavy (non-hydrogen) atoms. The van der Waals surface area contributed by atoms with Crippen LogP contribution in [0.3, 0.4) is 0 Å². The predicted octanol–water partition coefficient (Wildman–Crippen LogP) is 8.16. The van der Waals surface area contributed by atoms with E-state index < -0.39 is 0 Å². The Morgan fingerprint density at radius 3 is 1.84 bits per heavy atom. The van der Waals surface area contributed by atoms with E-state index in [1.165, 1.54) is 0 Å². The van der Waals surface area contributed by atoms with Crippen LogP contribution >= 0.6 is 0 Å². The minimum absolute atomic E-state index is 0.109. The van der Waals surface area contributed by atoms with Crippen LogP contribution in [0, 0.1) is 0 Å². The summed E-state index contributed by atoms with van der Waals surface area (Å²) in [6.45, 7) is 1.18. The molecule has 0 saturated carbocycles. The molecule has 4 aromatic carbocycles. The van der Waals surface area contributed by atoms with Crippen molar-refractivity contribution in [1.29, 1.82) is 0 Å². The lowest BCUT2D eigenvalue weighted by molar-refractivity contribution is 0.0935. The quantitative estimate of drug-likeness (QED) is 0.0794. The molecule has 10 heteroatoms. The standard InChI is InChI=1S/C40H46N2O8/c1-44-32-19-17-27(15-16-28-24-36(46-3)38(48-5)37(25-28)47-4)23-35(32)50-22-12-8-6-7-11-21-49-33-20-18-29(26-34(33)45-2)39-41-31-14-10-9-13-30(31)40(43)42-39/h9-10,13-20,23-26,39,41H,6-8,11-12,21-22H2,1-5H3,(H,42,43). The summed E-state index contributed by atoms with van der Waals surface area (Å²) >= 11 is 0. The number of hydrogen-bond acceptors (Lipinski definition) is 9. The van der Waals surface area contributed by atoms with Crippen molar-refractivity contribution in [2.75, 3.05) is 54.1 Å². The van der Waals surface area contributed by atoms with Gasteiger partial charge in [0.2, 0.25) is 5.75 Å². The second kappa shape index (κ2) is 17.8. The molecule has 5 rings (SSSR count). The Morgan fingerprint density at radius 1 is 0.560 bits per heavy atom. The Labute approximate surface area is 294 Å². The maximum atomic E-state index is 12.6. The topological polar surface area (TPSA) is 106 Å². The van der Waals surface area contributed by atoms with Crippen LogP contribution in [0.15, 0.2) is 72.8 Å². The van der Waals surface area contributed by atoms with Crippen LogP contribution in [0.25, 0.3) is 12.2 Å². The molecule has 0 radical (unpaired) electrons. The Kier molecular flexibility index (Phi) is 12.7. The second-order valence-electron chi connectivity index (χ2n) is 11.7. The van der Waals surface area contributed by atoms with Gasteiger partial charge >= 0.3 is 0 Å². The highest BCUT2D eigenvalue weighted by Gasteiger charge is 2.25. The lowest BCUT2D eigenvalue weighted by atomic mass is 10.1. The van der Waals surface area contributed by atoms with Crippen LogP contribution < -0.4 is 43.8 Å². The summed E-state index contributed by atoms with van der Waals surface area (Å²) in [5.41, 5.74) is 4.21. The van der Waals surface area contributed by atoms with Gasteiger partial charge in [0, 0.05) is 5.69 Å². The Balaban J connectivity index is 1.04. The van der Waals surface area contributed by atoms with Gasteiger partial charge in [0.15, 0.2) is 34.5 Å². The number of fused-ring (bicyclic) bond motifs is 1. The fraction of sp³-hybridized carbons (Fsp3) is 0.325. The third-order valence-corrected chi connectivity index (χ3v) is 8.41. The van der Waals surface area contributed by atoms with Crippen LogP contribution in [0.1, 0.15) is 65.3 Å². The van der Waals surface area contributed by atoms with E-state index >= 15 is 0 Å². The highest BCUT2D eigenvalue weighted by Crippen LogP contribution is 2.39. The van der Waals surface area contributed by atoms with E-state index in [-0.39, 0.29) is 12.1 Å². The van der Waals surface area contributed by atoms with E-state index in [9.17, 15) is 4.79 Å². The summed E-state index contributed by atoms with van der Waals surface area (Å²) in [6, 6.07) is 22.9. The molecule has 1 aliphatic rings. The smallest absolute Gasteiger partial charge is 0.255 e. The number of para-hydroxylation sites is 1. The minimum atomic E-state index is -0.355. The zero-order chi connectivity index (χ0) is 35.3. The lowest BCUT2D eigenvalue weighted by Gasteiger charge is -2.28. The number of unbranched alkanes of at least 4 members (excludes halogenated alkanes) is 4. The third kappa shape index (κ3) is 8.93. The van der Waals surface area contributed by atoms with Crippen LogP contribution in [-0.2, 0) is 0 Å². The van der Waals surface area contributed by atoms with Crippen molar-refractivity contribution in [2.24, 2.45) is 0 Å². The molecule has 0 bridgehead atoms. The Hall–Kier alpha value is -5.51. The monoisotopic (exact) mass is 682 g/mol. The van der Waals surface area contributed by atoms with Crippen molar-refractivity contribution in [1.82, 2.24) is 5.32 Å². The van der Waals surface area contributed by atoms with Gasteiger partial charge in [0.05, 0.1) is 54.3 Å². The molecule has 10 nitrogen and oxygen atoms in total. The van der Waals surface area contributed by atoms with Crippen molar-refractivity contribution in [3.05, 3.63) is 95.1 Å². The molecule has 1 atom stereocenters. The normalized spacial score (nSPS) is 13.5. The maximum absolute atomic E-state index is 12.6. The summed E-state index contributed by atoms with van der Waals surface area (Å²) < 4.78 is 39.7. The molecule has 264 valence electrons. The number of carbonyl (C=O) groups excluding carboxylic acids is 1. The molecule has 2 N–H and O–H groups in total. The van der Waals surface area contributed by atoms with Gasteiger partial charge in [-0.25, -0.2) is 0 Å². The first kappa shape index (κ1) is 35.8. The number of carbonyl (C=O) groups is 1. The number of hydrogen-bond donors (Lipinski definition) is 2. The van der Waals surface area contributed by atoms with Crippen molar-refractivity contribution >= 4 is 23.7 Å². The lowest BCUT2D eigenvalue weighted by Crippen LogP contribution is -2.38. The van der Waals surface area contributed by atoms with E-state index in [1.54, 1.807) is 41.6 Å². The zero-order valence-corrected chi connectivity index (χ0v) is 29.4. The van der Waals surface area contributed by atoms with Gasteiger partial charge in [0.1, 0.15) is 6.17 Å².